The molecule has 3 amide bonds. The van der Waals surface area contributed by atoms with Crippen LogP contribution in [0.25, 0.3) is 0 Å². The van der Waals surface area contributed by atoms with Crippen LogP contribution in [0.2, 0.25) is 0 Å². The number of hydrogen-bond acceptors (Lipinski definition) is 7. The Balaban J connectivity index is 1.74. The Morgan fingerprint density at radius 3 is 2.13 bits per heavy atom. The molecule has 3 rings (SSSR count). The third-order valence-electron chi connectivity index (χ3n) is 5.09. The van der Waals surface area contributed by atoms with Crippen molar-refractivity contribution in [1.29, 1.82) is 0 Å². The Labute approximate surface area is 181 Å². The summed E-state index contributed by atoms with van der Waals surface area (Å²) in [5.74, 6) is -1.15. The van der Waals surface area contributed by atoms with Gasteiger partial charge in [0.05, 0.1) is 5.92 Å². The van der Waals surface area contributed by atoms with Gasteiger partial charge in [-0.3, -0.25) is 19.3 Å². The number of imide groups is 1. The minimum absolute atomic E-state index is 0.0234. The van der Waals surface area contributed by atoms with Crippen LogP contribution in [0.3, 0.4) is 0 Å². The van der Waals surface area contributed by atoms with Gasteiger partial charge < -0.3 is 9.47 Å². The van der Waals surface area contributed by atoms with E-state index >= 15 is 0 Å². The summed E-state index contributed by atoms with van der Waals surface area (Å²) in [7, 11) is 0. The number of ether oxygens (including phenoxy) is 2. The van der Waals surface area contributed by atoms with Crippen molar-refractivity contribution in [3.63, 3.8) is 0 Å². The SMILES string of the molecule is CC(C)c1ccc(C2CN(C(=O)OC(C)(C)C)C2OC(=O)ON2C(=O)CCC2=O)cc1. The molecule has 2 aliphatic rings. The lowest BCUT2D eigenvalue weighted by atomic mass is 9.88. The standard InChI is InChI=1S/C22H28N2O7/c1-13(2)14-6-8-15(9-7-14)16-12-23(20(27)30-22(3,4)5)19(16)29-21(28)31-24-17(25)10-11-18(24)26/h6-9,13,16,19H,10-12H2,1-5H3. The molecular formula is C22H28N2O7. The van der Waals surface area contributed by atoms with Crippen molar-refractivity contribution in [3.8, 4) is 0 Å². The van der Waals surface area contributed by atoms with Gasteiger partial charge in [0, 0.05) is 19.4 Å². The van der Waals surface area contributed by atoms with Gasteiger partial charge in [-0.1, -0.05) is 43.2 Å². The molecule has 0 N–H and O–H groups in total. The molecule has 1 aromatic carbocycles. The van der Waals surface area contributed by atoms with E-state index in [0.717, 1.165) is 11.1 Å². The van der Waals surface area contributed by atoms with Crippen LogP contribution in [-0.2, 0) is 23.9 Å². The van der Waals surface area contributed by atoms with Gasteiger partial charge in [0.2, 0.25) is 0 Å². The molecule has 0 saturated carbocycles. The summed E-state index contributed by atoms with van der Waals surface area (Å²) in [4.78, 5) is 54.3. The Morgan fingerprint density at radius 2 is 1.61 bits per heavy atom. The number of likely N-dealkylation sites (tertiary alicyclic amines) is 1. The Kier molecular flexibility index (Phi) is 6.24. The highest BCUT2D eigenvalue weighted by Crippen LogP contribution is 2.37. The van der Waals surface area contributed by atoms with Gasteiger partial charge in [-0.2, -0.15) is 0 Å². The van der Waals surface area contributed by atoms with E-state index in [1.165, 1.54) is 4.90 Å². The van der Waals surface area contributed by atoms with Gasteiger partial charge in [-0.25, -0.2) is 9.59 Å². The molecule has 2 heterocycles. The highest BCUT2D eigenvalue weighted by Gasteiger charge is 2.48. The maximum absolute atomic E-state index is 12.6. The number of amides is 3. The molecular weight excluding hydrogens is 404 g/mol. The first kappa shape index (κ1) is 22.6. The van der Waals surface area contributed by atoms with Crippen LogP contribution in [0.1, 0.15) is 70.4 Å². The molecule has 2 unspecified atom stereocenters. The molecule has 2 aliphatic heterocycles. The van der Waals surface area contributed by atoms with Gasteiger partial charge >= 0.3 is 12.2 Å². The van der Waals surface area contributed by atoms with Crippen molar-refractivity contribution >= 4 is 24.1 Å². The first-order valence-electron chi connectivity index (χ1n) is 10.3. The fourth-order valence-electron chi connectivity index (χ4n) is 3.38. The summed E-state index contributed by atoms with van der Waals surface area (Å²) in [5.41, 5.74) is 1.32. The molecule has 9 nitrogen and oxygen atoms in total. The average molecular weight is 432 g/mol. The predicted octanol–water partition coefficient (Wildman–Crippen LogP) is 3.69. The van der Waals surface area contributed by atoms with E-state index in [0.29, 0.717) is 11.0 Å². The van der Waals surface area contributed by atoms with Gasteiger partial charge in [0.15, 0.2) is 6.23 Å². The van der Waals surface area contributed by atoms with Crippen LogP contribution in [0, 0.1) is 0 Å². The van der Waals surface area contributed by atoms with E-state index in [4.69, 9.17) is 14.3 Å². The van der Waals surface area contributed by atoms with Gasteiger partial charge in [-0.15, -0.1) is 0 Å². The van der Waals surface area contributed by atoms with E-state index in [9.17, 15) is 19.2 Å². The molecule has 0 bridgehead atoms. The minimum Gasteiger partial charge on any atom is -0.444 e. The fourth-order valence-corrected chi connectivity index (χ4v) is 3.38. The Bertz CT molecular complexity index is 857. The highest BCUT2D eigenvalue weighted by atomic mass is 16.8. The molecule has 0 aliphatic carbocycles. The van der Waals surface area contributed by atoms with E-state index in [1.54, 1.807) is 20.8 Å². The summed E-state index contributed by atoms with van der Waals surface area (Å²) in [6.45, 7) is 9.68. The van der Waals surface area contributed by atoms with Crippen LogP contribution in [-0.4, -0.2) is 52.4 Å². The first-order valence-corrected chi connectivity index (χ1v) is 10.3. The molecule has 9 heteroatoms. The van der Waals surface area contributed by atoms with Crippen molar-refractivity contribution in [3.05, 3.63) is 35.4 Å². The van der Waals surface area contributed by atoms with Crippen LogP contribution in [0.4, 0.5) is 9.59 Å². The van der Waals surface area contributed by atoms with E-state index in [1.807, 2.05) is 24.3 Å². The maximum Gasteiger partial charge on any atom is 0.535 e. The summed E-state index contributed by atoms with van der Waals surface area (Å²) >= 11 is 0. The quantitative estimate of drug-likeness (QED) is 0.528. The average Bonchev–Trinajstić information content (AvgIpc) is 2.96. The molecule has 2 saturated heterocycles. The topological polar surface area (TPSA) is 102 Å². The van der Waals surface area contributed by atoms with Gasteiger partial charge in [-0.05, 0) is 37.8 Å². The first-order chi connectivity index (χ1) is 14.5. The maximum atomic E-state index is 12.6. The smallest absolute Gasteiger partial charge is 0.444 e. The third kappa shape index (κ3) is 5.15. The summed E-state index contributed by atoms with van der Waals surface area (Å²) in [5, 5.41) is 0.408. The third-order valence-corrected chi connectivity index (χ3v) is 5.09. The Hall–Kier alpha value is -3.10. The van der Waals surface area contributed by atoms with Crippen LogP contribution >= 0.6 is 0 Å². The number of nitrogens with zero attached hydrogens (tertiary/aromatic N) is 2. The second-order valence-corrected chi connectivity index (χ2v) is 8.99. The molecule has 2 atom stereocenters. The highest BCUT2D eigenvalue weighted by molar-refractivity contribution is 6.01. The van der Waals surface area contributed by atoms with Crippen LogP contribution in [0.15, 0.2) is 24.3 Å². The molecule has 0 aromatic heterocycles. The second kappa shape index (κ2) is 8.56. The molecule has 0 spiro atoms. The largest absolute Gasteiger partial charge is 0.535 e. The Morgan fingerprint density at radius 1 is 1.03 bits per heavy atom. The number of carbonyl (C=O) groups is 4. The predicted molar refractivity (Wildman–Crippen MR) is 109 cm³/mol. The lowest BCUT2D eigenvalue weighted by Gasteiger charge is -2.46. The summed E-state index contributed by atoms with van der Waals surface area (Å²) < 4.78 is 10.7. The molecule has 2 fully saturated rings. The molecule has 0 radical (unpaired) electrons. The van der Waals surface area contributed by atoms with Crippen molar-refractivity contribution in [2.45, 2.75) is 71.1 Å². The zero-order valence-corrected chi connectivity index (χ0v) is 18.4. The van der Waals surface area contributed by atoms with E-state index in [2.05, 4.69) is 13.8 Å². The summed E-state index contributed by atoms with van der Waals surface area (Å²) in [6.07, 6.45) is -2.89. The van der Waals surface area contributed by atoms with E-state index < -0.39 is 35.9 Å². The normalized spacial score (nSPS) is 21.2. The number of benzene rings is 1. The van der Waals surface area contributed by atoms with Crippen LogP contribution in [0.5, 0.6) is 0 Å². The molecule has 1 aromatic rings. The number of hydrogen-bond donors (Lipinski definition) is 0. The number of rotatable bonds is 4. The van der Waals surface area contributed by atoms with Gasteiger partial charge in [0.1, 0.15) is 5.60 Å². The van der Waals surface area contributed by atoms with Crippen LogP contribution < -0.4 is 0 Å². The monoisotopic (exact) mass is 432 g/mol. The zero-order chi connectivity index (χ0) is 22.9. The molecule has 168 valence electrons. The van der Waals surface area contributed by atoms with Crippen molar-refractivity contribution < 1.29 is 33.5 Å². The van der Waals surface area contributed by atoms with Crippen molar-refractivity contribution in [1.82, 2.24) is 9.96 Å². The number of carbonyl (C=O) groups excluding carboxylic acids is 4. The lowest BCUT2D eigenvalue weighted by Crippen LogP contribution is -2.60. The molecule has 31 heavy (non-hydrogen) atoms. The second-order valence-electron chi connectivity index (χ2n) is 8.99. The van der Waals surface area contributed by atoms with E-state index in [-0.39, 0.29) is 25.3 Å². The van der Waals surface area contributed by atoms with Gasteiger partial charge in [0.25, 0.3) is 11.8 Å². The van der Waals surface area contributed by atoms with Crippen molar-refractivity contribution in [2.75, 3.05) is 6.54 Å². The zero-order valence-electron chi connectivity index (χ0n) is 18.4. The number of hydroxylamine groups is 2. The fraction of sp³-hybridized carbons (Fsp3) is 0.545. The minimum atomic E-state index is -1.23. The van der Waals surface area contributed by atoms with Crippen molar-refractivity contribution in [2.24, 2.45) is 0 Å². The lowest BCUT2D eigenvalue weighted by molar-refractivity contribution is -0.187. The summed E-state index contributed by atoms with van der Waals surface area (Å²) in [6, 6.07) is 7.85.